The molecule has 0 bridgehead atoms. The summed E-state index contributed by atoms with van der Waals surface area (Å²) in [5.41, 5.74) is 9.16. The molecule has 1 heterocycles. The van der Waals surface area contributed by atoms with Gasteiger partial charge in [-0.25, -0.2) is 0 Å². The zero-order valence-electron chi connectivity index (χ0n) is 12.0. The van der Waals surface area contributed by atoms with Crippen molar-refractivity contribution in [3.63, 3.8) is 0 Å². The Morgan fingerprint density at radius 1 is 1.26 bits per heavy atom. The predicted molar refractivity (Wildman–Crippen MR) is 81.7 cm³/mol. The highest BCUT2D eigenvalue weighted by atomic mass is 32.2. The van der Waals surface area contributed by atoms with Gasteiger partial charge in [-0.3, -0.25) is 4.68 Å². The Bertz CT molecular complexity index is 556. The van der Waals surface area contributed by atoms with Crippen molar-refractivity contribution < 1.29 is 0 Å². The van der Waals surface area contributed by atoms with Crippen LogP contribution < -0.4 is 5.73 Å². The van der Waals surface area contributed by atoms with E-state index >= 15 is 0 Å². The number of hydrogen-bond acceptors (Lipinski definition) is 3. The normalized spacial score (nSPS) is 11.2. The summed E-state index contributed by atoms with van der Waals surface area (Å²) in [6.45, 7) is 9.28. The highest BCUT2D eigenvalue weighted by Gasteiger charge is 2.12. The largest absolute Gasteiger partial charge is 0.395 e. The van der Waals surface area contributed by atoms with E-state index in [-0.39, 0.29) is 0 Å². The Labute approximate surface area is 119 Å². The molecule has 0 amide bonds. The van der Waals surface area contributed by atoms with Gasteiger partial charge < -0.3 is 5.73 Å². The van der Waals surface area contributed by atoms with Crippen LogP contribution in [0.5, 0.6) is 0 Å². The number of nitrogens with zero attached hydrogens (tertiary/aromatic N) is 2. The van der Waals surface area contributed by atoms with E-state index in [0.717, 1.165) is 23.0 Å². The molecule has 0 fully saturated rings. The number of hydrogen-bond donors (Lipinski definition) is 1. The second-order valence-corrected chi connectivity index (χ2v) is 6.01. The van der Waals surface area contributed by atoms with Gasteiger partial charge in [-0.05, 0) is 37.5 Å². The Morgan fingerprint density at radius 2 is 1.89 bits per heavy atom. The number of benzene rings is 1. The number of nitrogens with two attached hydrogens (primary N) is 1. The van der Waals surface area contributed by atoms with Crippen molar-refractivity contribution in [1.82, 2.24) is 9.78 Å². The molecule has 2 N–H and O–H groups in total. The van der Waals surface area contributed by atoms with Gasteiger partial charge in [0.05, 0.1) is 11.4 Å². The van der Waals surface area contributed by atoms with Gasteiger partial charge in [-0.2, -0.15) is 5.10 Å². The highest BCUT2D eigenvalue weighted by molar-refractivity contribution is 7.99. The van der Waals surface area contributed by atoms with Gasteiger partial charge in [0.2, 0.25) is 0 Å². The predicted octanol–water partition coefficient (Wildman–Crippen LogP) is 4.07. The lowest BCUT2D eigenvalue weighted by Gasteiger charge is -2.08. The quantitative estimate of drug-likeness (QED) is 0.914. The van der Waals surface area contributed by atoms with Gasteiger partial charge >= 0.3 is 0 Å². The number of nitrogen functional groups attached to an aromatic ring is 1. The van der Waals surface area contributed by atoms with E-state index in [2.05, 4.69) is 50.1 Å². The van der Waals surface area contributed by atoms with Crippen LogP contribution in [-0.4, -0.2) is 9.78 Å². The van der Waals surface area contributed by atoms with Crippen molar-refractivity contribution in [3.05, 3.63) is 35.5 Å². The van der Waals surface area contributed by atoms with Crippen molar-refractivity contribution >= 4 is 17.4 Å². The summed E-state index contributed by atoms with van der Waals surface area (Å²) >= 11 is 1.68. The Hall–Kier alpha value is -1.42. The average molecular weight is 275 g/mol. The van der Waals surface area contributed by atoms with E-state index in [1.54, 1.807) is 11.8 Å². The topological polar surface area (TPSA) is 43.8 Å². The summed E-state index contributed by atoms with van der Waals surface area (Å²) in [6.07, 6.45) is 0. The number of aromatic nitrogens is 2. The van der Waals surface area contributed by atoms with Crippen LogP contribution in [0, 0.1) is 6.92 Å². The summed E-state index contributed by atoms with van der Waals surface area (Å²) in [4.78, 5) is 1.20. The first-order valence-corrected chi connectivity index (χ1v) is 7.45. The third kappa shape index (κ3) is 2.95. The molecule has 0 aliphatic heterocycles. The van der Waals surface area contributed by atoms with Gasteiger partial charge in [0.25, 0.3) is 0 Å². The van der Waals surface area contributed by atoms with Crippen LogP contribution >= 0.6 is 11.8 Å². The second kappa shape index (κ2) is 5.70. The number of anilines is 1. The zero-order chi connectivity index (χ0) is 14.0. The van der Waals surface area contributed by atoms with E-state index in [1.807, 2.05) is 11.6 Å². The van der Waals surface area contributed by atoms with Gasteiger partial charge in [-0.1, -0.05) is 37.7 Å². The van der Waals surface area contributed by atoms with Crippen molar-refractivity contribution in [1.29, 1.82) is 0 Å². The molecule has 1 aromatic heterocycles. The fourth-order valence-electron chi connectivity index (χ4n) is 1.93. The van der Waals surface area contributed by atoms with Gasteiger partial charge in [0, 0.05) is 11.4 Å². The van der Waals surface area contributed by atoms with Crippen molar-refractivity contribution in [2.45, 2.75) is 50.1 Å². The summed E-state index contributed by atoms with van der Waals surface area (Å²) in [5, 5.41) is 5.48. The molecule has 0 aliphatic rings. The zero-order valence-corrected chi connectivity index (χ0v) is 12.8. The molecule has 1 aromatic carbocycles. The highest BCUT2D eigenvalue weighted by Crippen LogP contribution is 2.34. The molecule has 0 spiro atoms. The van der Waals surface area contributed by atoms with Crippen LogP contribution in [-0.2, 0) is 6.54 Å². The van der Waals surface area contributed by atoms with E-state index in [4.69, 9.17) is 5.73 Å². The maximum absolute atomic E-state index is 6.10. The summed E-state index contributed by atoms with van der Waals surface area (Å²) in [6, 6.07) is 8.68. The molecule has 2 rings (SSSR count). The Kier molecular flexibility index (Phi) is 4.20. The van der Waals surface area contributed by atoms with Crippen LogP contribution in [0.2, 0.25) is 0 Å². The van der Waals surface area contributed by atoms with E-state index in [9.17, 15) is 0 Å². The summed E-state index contributed by atoms with van der Waals surface area (Å²) in [5.74, 6) is 0.563. The van der Waals surface area contributed by atoms with Gasteiger partial charge in [0.15, 0.2) is 0 Å². The second-order valence-electron chi connectivity index (χ2n) is 4.95. The van der Waals surface area contributed by atoms with Crippen molar-refractivity contribution in [2.24, 2.45) is 0 Å². The maximum Gasteiger partial charge on any atom is 0.122 e. The molecule has 0 aliphatic carbocycles. The first kappa shape index (κ1) is 14.0. The molecule has 0 unspecified atom stereocenters. The molecular formula is C15H21N3S. The molecule has 0 saturated carbocycles. The Morgan fingerprint density at radius 3 is 2.42 bits per heavy atom. The molecule has 4 heteroatoms. The first-order chi connectivity index (χ1) is 9.02. The van der Waals surface area contributed by atoms with Crippen LogP contribution in [0.25, 0.3) is 0 Å². The van der Waals surface area contributed by atoms with Crippen LogP contribution in [0.1, 0.15) is 37.9 Å². The van der Waals surface area contributed by atoms with Gasteiger partial charge in [0.1, 0.15) is 5.03 Å². The molecule has 2 aromatic rings. The Balaban J connectivity index is 2.26. The fraction of sp³-hybridized carbons (Fsp3) is 0.400. The smallest absolute Gasteiger partial charge is 0.122 e. The van der Waals surface area contributed by atoms with E-state index in [1.165, 1.54) is 10.5 Å². The molecular weight excluding hydrogens is 254 g/mol. The lowest BCUT2D eigenvalue weighted by atomic mass is 10.0. The lowest BCUT2D eigenvalue weighted by molar-refractivity contribution is 0.602. The molecule has 102 valence electrons. The molecule has 19 heavy (non-hydrogen) atoms. The van der Waals surface area contributed by atoms with Crippen LogP contribution in [0.4, 0.5) is 5.69 Å². The third-order valence-electron chi connectivity index (χ3n) is 3.19. The van der Waals surface area contributed by atoms with E-state index in [0.29, 0.717) is 5.92 Å². The van der Waals surface area contributed by atoms with Crippen LogP contribution in [0.15, 0.2) is 34.2 Å². The minimum atomic E-state index is 0.563. The molecule has 3 nitrogen and oxygen atoms in total. The average Bonchev–Trinajstić information content (AvgIpc) is 2.67. The van der Waals surface area contributed by atoms with Crippen molar-refractivity contribution in [3.8, 4) is 0 Å². The molecule has 0 saturated heterocycles. The standard InChI is InChI=1S/C15H21N3S/c1-5-18-15(14(16)11(4)17-18)19-13-8-6-12(7-9-13)10(2)3/h6-10H,5,16H2,1-4H3. The van der Waals surface area contributed by atoms with Gasteiger partial charge in [-0.15, -0.1) is 0 Å². The van der Waals surface area contributed by atoms with Crippen molar-refractivity contribution in [2.75, 3.05) is 5.73 Å². The SMILES string of the molecule is CCn1nc(C)c(N)c1Sc1ccc(C(C)C)cc1. The summed E-state index contributed by atoms with van der Waals surface area (Å²) < 4.78 is 1.96. The minimum absolute atomic E-state index is 0.563. The lowest BCUT2D eigenvalue weighted by Crippen LogP contribution is -1.99. The maximum atomic E-state index is 6.10. The number of rotatable bonds is 4. The molecule has 0 radical (unpaired) electrons. The number of aryl methyl sites for hydroxylation is 2. The minimum Gasteiger partial charge on any atom is -0.395 e. The van der Waals surface area contributed by atoms with Crippen LogP contribution in [0.3, 0.4) is 0 Å². The summed E-state index contributed by atoms with van der Waals surface area (Å²) in [7, 11) is 0. The monoisotopic (exact) mass is 275 g/mol. The third-order valence-corrected chi connectivity index (χ3v) is 4.32. The van der Waals surface area contributed by atoms with E-state index < -0.39 is 0 Å². The fourth-order valence-corrected chi connectivity index (χ4v) is 2.96. The molecule has 0 atom stereocenters. The first-order valence-electron chi connectivity index (χ1n) is 6.63.